The molecule has 3 nitrogen and oxygen atoms in total. The fraction of sp³-hybridized carbons (Fsp3) is 0.350. The first-order valence-electron chi connectivity index (χ1n) is 8.32. The number of hydrogen-bond acceptors (Lipinski definition) is 3. The minimum atomic E-state index is -0.825. The van der Waals surface area contributed by atoms with E-state index in [0.29, 0.717) is 25.1 Å². The monoisotopic (exact) mass is 341 g/mol. The molecule has 0 heterocycles. The molecule has 1 amide bonds. The molecule has 0 unspecified atom stereocenters. The van der Waals surface area contributed by atoms with Crippen molar-refractivity contribution in [2.24, 2.45) is 0 Å². The van der Waals surface area contributed by atoms with Gasteiger partial charge in [0.05, 0.1) is 11.4 Å². The van der Waals surface area contributed by atoms with E-state index in [1.165, 1.54) is 16.7 Å². The molecule has 2 aromatic rings. The normalized spacial score (nSPS) is 19.5. The van der Waals surface area contributed by atoms with Crippen molar-refractivity contribution < 1.29 is 9.90 Å². The Bertz CT molecular complexity index is 689. The van der Waals surface area contributed by atoms with Gasteiger partial charge in [0.1, 0.15) is 0 Å². The highest BCUT2D eigenvalue weighted by molar-refractivity contribution is 7.99. The Hall–Kier alpha value is -1.78. The highest BCUT2D eigenvalue weighted by Gasteiger charge is 2.32. The molecule has 126 valence electrons. The number of amides is 1. The van der Waals surface area contributed by atoms with E-state index in [1.807, 2.05) is 30.3 Å². The Morgan fingerprint density at radius 2 is 1.79 bits per heavy atom. The van der Waals surface area contributed by atoms with Gasteiger partial charge in [-0.25, -0.2) is 0 Å². The molecule has 0 bridgehead atoms. The zero-order valence-electron chi connectivity index (χ0n) is 13.7. The Morgan fingerprint density at radius 1 is 1.08 bits per heavy atom. The minimum Gasteiger partial charge on any atom is -0.388 e. The van der Waals surface area contributed by atoms with Crippen LogP contribution in [0.2, 0.25) is 0 Å². The summed E-state index contributed by atoms with van der Waals surface area (Å²) in [7, 11) is 0. The number of carbonyl (C=O) groups is 1. The van der Waals surface area contributed by atoms with Crippen molar-refractivity contribution in [3.63, 3.8) is 0 Å². The molecule has 3 rings (SSSR count). The van der Waals surface area contributed by atoms with Crippen LogP contribution in [0.15, 0.2) is 54.6 Å². The summed E-state index contributed by atoms with van der Waals surface area (Å²) in [6.45, 7) is 0.325. The average molecular weight is 341 g/mol. The summed E-state index contributed by atoms with van der Waals surface area (Å²) in [5.41, 5.74) is 2.90. The zero-order chi connectivity index (χ0) is 16.8. The molecule has 1 aliphatic rings. The molecule has 4 heteroatoms. The van der Waals surface area contributed by atoms with E-state index in [1.54, 1.807) is 11.8 Å². The van der Waals surface area contributed by atoms with Gasteiger partial charge < -0.3 is 10.4 Å². The van der Waals surface area contributed by atoms with Gasteiger partial charge in [-0.1, -0.05) is 54.6 Å². The van der Waals surface area contributed by atoms with Gasteiger partial charge in [-0.2, -0.15) is 0 Å². The maximum absolute atomic E-state index is 12.0. The van der Waals surface area contributed by atoms with Gasteiger partial charge >= 0.3 is 0 Å². The van der Waals surface area contributed by atoms with Gasteiger partial charge in [0, 0.05) is 18.7 Å². The van der Waals surface area contributed by atoms with Crippen LogP contribution < -0.4 is 5.32 Å². The maximum Gasteiger partial charge on any atom is 0.230 e. The molecule has 0 saturated heterocycles. The van der Waals surface area contributed by atoms with Crippen LogP contribution in [0.5, 0.6) is 0 Å². The first kappa shape index (κ1) is 17.1. The highest BCUT2D eigenvalue weighted by atomic mass is 32.2. The third-order valence-electron chi connectivity index (χ3n) is 4.46. The summed E-state index contributed by atoms with van der Waals surface area (Å²) >= 11 is 1.59. The second kappa shape index (κ2) is 7.86. The molecule has 0 aromatic heterocycles. The smallest absolute Gasteiger partial charge is 0.230 e. The Kier molecular flexibility index (Phi) is 5.59. The van der Waals surface area contributed by atoms with Gasteiger partial charge in [0.15, 0.2) is 0 Å². The van der Waals surface area contributed by atoms with Crippen molar-refractivity contribution in [2.75, 3.05) is 12.3 Å². The number of thioether (sulfide) groups is 1. The van der Waals surface area contributed by atoms with Crippen molar-refractivity contribution in [1.82, 2.24) is 5.32 Å². The number of rotatable bonds is 6. The fourth-order valence-corrected chi connectivity index (χ4v) is 3.90. The number of nitrogens with one attached hydrogen (secondary N) is 1. The Labute approximate surface area is 147 Å². The summed E-state index contributed by atoms with van der Waals surface area (Å²) in [5, 5.41) is 13.6. The van der Waals surface area contributed by atoms with Crippen LogP contribution in [0, 0.1) is 0 Å². The van der Waals surface area contributed by atoms with Gasteiger partial charge in [0.25, 0.3) is 0 Å². The number of aliphatic hydroxyl groups is 1. The largest absolute Gasteiger partial charge is 0.388 e. The molecular weight excluding hydrogens is 318 g/mol. The topological polar surface area (TPSA) is 49.3 Å². The van der Waals surface area contributed by atoms with Crippen molar-refractivity contribution in [3.05, 3.63) is 71.3 Å². The summed E-state index contributed by atoms with van der Waals surface area (Å²) in [5.74, 6) is 1.23. The lowest BCUT2D eigenvalue weighted by atomic mass is 9.80. The average Bonchev–Trinajstić information content (AvgIpc) is 2.61. The molecule has 1 aliphatic carbocycles. The van der Waals surface area contributed by atoms with Crippen LogP contribution in [0.4, 0.5) is 0 Å². The van der Waals surface area contributed by atoms with Crippen molar-refractivity contribution in [2.45, 2.75) is 30.6 Å². The van der Waals surface area contributed by atoms with E-state index in [4.69, 9.17) is 0 Å². The molecule has 0 spiro atoms. The van der Waals surface area contributed by atoms with E-state index in [0.717, 1.165) is 12.2 Å². The van der Waals surface area contributed by atoms with Crippen LogP contribution in [0.1, 0.15) is 23.1 Å². The van der Waals surface area contributed by atoms with Crippen molar-refractivity contribution in [1.29, 1.82) is 0 Å². The number of fused-ring (bicyclic) bond motifs is 1. The summed E-state index contributed by atoms with van der Waals surface area (Å²) in [6, 6.07) is 18.4. The number of hydrogen-bond donors (Lipinski definition) is 2. The van der Waals surface area contributed by atoms with E-state index in [-0.39, 0.29) is 5.91 Å². The number of aryl methyl sites for hydroxylation is 1. The molecule has 0 saturated carbocycles. The van der Waals surface area contributed by atoms with Crippen LogP contribution >= 0.6 is 11.8 Å². The summed E-state index contributed by atoms with van der Waals surface area (Å²) in [6.07, 6.45) is 2.17. The quantitative estimate of drug-likeness (QED) is 0.849. The first-order valence-corrected chi connectivity index (χ1v) is 9.48. The molecule has 0 fully saturated rings. The summed E-state index contributed by atoms with van der Waals surface area (Å²) in [4.78, 5) is 12.0. The highest BCUT2D eigenvalue weighted by Crippen LogP contribution is 2.28. The molecule has 0 radical (unpaired) electrons. The Morgan fingerprint density at radius 3 is 2.58 bits per heavy atom. The van der Waals surface area contributed by atoms with E-state index >= 15 is 0 Å². The molecule has 24 heavy (non-hydrogen) atoms. The van der Waals surface area contributed by atoms with Gasteiger partial charge in [-0.15, -0.1) is 11.8 Å². The first-order chi connectivity index (χ1) is 11.6. The third kappa shape index (κ3) is 4.62. The van der Waals surface area contributed by atoms with Crippen LogP contribution in [0.3, 0.4) is 0 Å². The van der Waals surface area contributed by atoms with Gasteiger partial charge in [-0.3, -0.25) is 4.79 Å². The Balaban J connectivity index is 1.43. The van der Waals surface area contributed by atoms with Crippen molar-refractivity contribution >= 4 is 17.7 Å². The third-order valence-corrected chi connectivity index (χ3v) is 5.46. The molecule has 2 N–H and O–H groups in total. The standard InChI is InChI=1S/C20H23NO2S/c22-19(14-24-13-16-6-2-1-3-7-16)21-15-20(23)11-10-17-8-4-5-9-18(17)12-20/h1-9,23H,10-15H2,(H,21,22)/t20-/m1/s1. The predicted molar refractivity (Wildman–Crippen MR) is 99.0 cm³/mol. The maximum atomic E-state index is 12.0. The second-order valence-electron chi connectivity index (χ2n) is 6.42. The van der Waals surface area contributed by atoms with Crippen LogP contribution in [0.25, 0.3) is 0 Å². The van der Waals surface area contributed by atoms with E-state index in [2.05, 4.69) is 29.6 Å². The van der Waals surface area contributed by atoms with Crippen LogP contribution in [-0.4, -0.2) is 28.9 Å². The van der Waals surface area contributed by atoms with Crippen LogP contribution in [-0.2, 0) is 23.4 Å². The van der Waals surface area contributed by atoms with Crippen molar-refractivity contribution in [3.8, 4) is 0 Å². The van der Waals surface area contributed by atoms with E-state index < -0.39 is 5.60 Å². The molecule has 1 atom stereocenters. The van der Waals surface area contributed by atoms with E-state index in [9.17, 15) is 9.90 Å². The SMILES string of the molecule is O=C(CSCc1ccccc1)NC[C@@]1(O)CCc2ccccc2C1. The summed E-state index contributed by atoms with van der Waals surface area (Å²) < 4.78 is 0. The molecule has 2 aromatic carbocycles. The second-order valence-corrected chi connectivity index (χ2v) is 7.41. The minimum absolute atomic E-state index is 0.0109. The predicted octanol–water partition coefficient (Wildman–Crippen LogP) is 2.96. The zero-order valence-corrected chi connectivity index (χ0v) is 14.5. The lowest BCUT2D eigenvalue weighted by Gasteiger charge is -2.33. The van der Waals surface area contributed by atoms with Gasteiger partial charge in [-0.05, 0) is 29.5 Å². The fourth-order valence-electron chi connectivity index (χ4n) is 3.08. The lowest BCUT2D eigenvalue weighted by Crippen LogP contribution is -2.47. The van der Waals surface area contributed by atoms with Gasteiger partial charge in [0.2, 0.25) is 5.91 Å². The lowest BCUT2D eigenvalue weighted by molar-refractivity contribution is -0.119. The number of benzene rings is 2. The molecular formula is C20H23NO2S. The number of carbonyl (C=O) groups excluding carboxylic acids is 1. The molecule has 0 aliphatic heterocycles.